The SMILES string of the molecule is CCNC(=O)C(C)NCC1(SC)CC1. The van der Waals surface area contributed by atoms with E-state index in [0.29, 0.717) is 11.3 Å². The van der Waals surface area contributed by atoms with Crippen molar-refractivity contribution in [2.45, 2.75) is 37.5 Å². The summed E-state index contributed by atoms with van der Waals surface area (Å²) in [6.45, 7) is 5.52. The van der Waals surface area contributed by atoms with Crippen molar-refractivity contribution in [3.05, 3.63) is 0 Å². The summed E-state index contributed by atoms with van der Waals surface area (Å²) in [5.74, 6) is 0.101. The van der Waals surface area contributed by atoms with Crippen LogP contribution >= 0.6 is 11.8 Å². The highest BCUT2D eigenvalue weighted by Crippen LogP contribution is 2.46. The smallest absolute Gasteiger partial charge is 0.236 e. The molecule has 0 aliphatic heterocycles. The highest BCUT2D eigenvalue weighted by Gasteiger charge is 2.41. The molecule has 14 heavy (non-hydrogen) atoms. The van der Waals surface area contributed by atoms with Crippen LogP contribution in [0, 0.1) is 0 Å². The van der Waals surface area contributed by atoms with Gasteiger partial charge in [-0.3, -0.25) is 4.79 Å². The Labute approximate surface area is 90.4 Å². The fourth-order valence-corrected chi connectivity index (χ4v) is 2.09. The fourth-order valence-electron chi connectivity index (χ4n) is 1.35. The molecule has 1 rings (SSSR count). The van der Waals surface area contributed by atoms with Gasteiger partial charge in [-0.25, -0.2) is 0 Å². The molecule has 2 N–H and O–H groups in total. The molecule has 1 amide bonds. The predicted molar refractivity (Wildman–Crippen MR) is 61.6 cm³/mol. The number of hydrogen-bond acceptors (Lipinski definition) is 3. The van der Waals surface area contributed by atoms with Gasteiger partial charge in [0, 0.05) is 17.8 Å². The zero-order chi connectivity index (χ0) is 10.6. The Hall–Kier alpha value is -0.220. The Bertz CT molecular complexity index is 204. The van der Waals surface area contributed by atoms with Gasteiger partial charge >= 0.3 is 0 Å². The molecule has 1 saturated carbocycles. The molecule has 0 aromatic heterocycles. The van der Waals surface area contributed by atoms with Crippen molar-refractivity contribution in [2.24, 2.45) is 0 Å². The first-order chi connectivity index (χ1) is 6.63. The van der Waals surface area contributed by atoms with Crippen LogP contribution in [0.25, 0.3) is 0 Å². The van der Waals surface area contributed by atoms with Gasteiger partial charge in [0.25, 0.3) is 0 Å². The van der Waals surface area contributed by atoms with Gasteiger partial charge in [0.1, 0.15) is 0 Å². The lowest BCUT2D eigenvalue weighted by Gasteiger charge is -2.17. The van der Waals surface area contributed by atoms with Gasteiger partial charge in [-0.05, 0) is 32.9 Å². The zero-order valence-electron chi connectivity index (χ0n) is 9.22. The number of carbonyl (C=O) groups is 1. The number of nitrogens with one attached hydrogen (secondary N) is 2. The first-order valence-electron chi connectivity index (χ1n) is 5.20. The summed E-state index contributed by atoms with van der Waals surface area (Å²) in [7, 11) is 0. The molecule has 3 nitrogen and oxygen atoms in total. The molecule has 0 bridgehead atoms. The molecule has 0 radical (unpaired) electrons. The second-order valence-corrected chi connectivity index (χ2v) is 5.16. The topological polar surface area (TPSA) is 41.1 Å². The predicted octanol–water partition coefficient (Wildman–Crippen LogP) is 0.996. The highest BCUT2D eigenvalue weighted by molar-refractivity contribution is 8.00. The summed E-state index contributed by atoms with van der Waals surface area (Å²) in [5.41, 5.74) is 0. The van der Waals surface area contributed by atoms with E-state index in [0.717, 1.165) is 6.54 Å². The Kier molecular flexibility index (Phi) is 4.26. The Balaban J connectivity index is 2.20. The van der Waals surface area contributed by atoms with E-state index in [2.05, 4.69) is 16.9 Å². The lowest BCUT2D eigenvalue weighted by atomic mass is 10.3. The van der Waals surface area contributed by atoms with E-state index in [9.17, 15) is 4.79 Å². The Morgan fingerprint density at radius 3 is 2.64 bits per heavy atom. The lowest BCUT2D eigenvalue weighted by molar-refractivity contribution is -0.122. The van der Waals surface area contributed by atoms with Crippen LogP contribution < -0.4 is 10.6 Å². The maximum absolute atomic E-state index is 11.4. The molecule has 0 heterocycles. The van der Waals surface area contributed by atoms with E-state index in [1.807, 2.05) is 25.6 Å². The minimum Gasteiger partial charge on any atom is -0.355 e. The van der Waals surface area contributed by atoms with E-state index >= 15 is 0 Å². The number of rotatable bonds is 6. The summed E-state index contributed by atoms with van der Waals surface area (Å²) in [5, 5.41) is 6.10. The third-order valence-electron chi connectivity index (χ3n) is 2.72. The van der Waals surface area contributed by atoms with Crippen LogP contribution in [-0.4, -0.2) is 36.0 Å². The quantitative estimate of drug-likeness (QED) is 0.696. The number of likely N-dealkylation sites (N-methyl/N-ethyl adjacent to an activating group) is 1. The van der Waals surface area contributed by atoms with Crippen LogP contribution in [0.5, 0.6) is 0 Å². The second kappa shape index (κ2) is 5.03. The van der Waals surface area contributed by atoms with Crippen LogP contribution in [0.2, 0.25) is 0 Å². The maximum atomic E-state index is 11.4. The molecule has 1 atom stereocenters. The van der Waals surface area contributed by atoms with Gasteiger partial charge < -0.3 is 10.6 Å². The fraction of sp³-hybridized carbons (Fsp3) is 0.900. The number of carbonyl (C=O) groups excluding carboxylic acids is 1. The van der Waals surface area contributed by atoms with Crippen molar-refractivity contribution >= 4 is 17.7 Å². The average Bonchev–Trinajstić information content (AvgIpc) is 2.95. The van der Waals surface area contributed by atoms with E-state index < -0.39 is 0 Å². The minimum absolute atomic E-state index is 0.0698. The Morgan fingerprint density at radius 2 is 2.21 bits per heavy atom. The van der Waals surface area contributed by atoms with Gasteiger partial charge in [-0.1, -0.05) is 0 Å². The molecular weight excluding hydrogens is 196 g/mol. The largest absolute Gasteiger partial charge is 0.355 e. The van der Waals surface area contributed by atoms with Gasteiger partial charge in [0.15, 0.2) is 0 Å². The first-order valence-corrected chi connectivity index (χ1v) is 6.42. The summed E-state index contributed by atoms with van der Waals surface area (Å²) >= 11 is 1.91. The van der Waals surface area contributed by atoms with Crippen molar-refractivity contribution in [1.29, 1.82) is 0 Å². The number of hydrogen-bond donors (Lipinski definition) is 2. The summed E-state index contributed by atoms with van der Waals surface area (Å²) < 4.78 is 0.431. The van der Waals surface area contributed by atoms with Crippen molar-refractivity contribution in [3.63, 3.8) is 0 Å². The third kappa shape index (κ3) is 3.17. The standard InChI is InChI=1S/C10H20N2OS/c1-4-11-9(13)8(2)12-7-10(14-3)5-6-10/h8,12H,4-7H2,1-3H3,(H,11,13). The summed E-state index contributed by atoms with van der Waals surface area (Å²) in [6, 6.07) is -0.0698. The van der Waals surface area contributed by atoms with E-state index in [1.54, 1.807) is 0 Å². The molecule has 4 heteroatoms. The molecule has 1 fully saturated rings. The lowest BCUT2D eigenvalue weighted by Crippen LogP contribution is -2.44. The minimum atomic E-state index is -0.0698. The van der Waals surface area contributed by atoms with Gasteiger partial charge in [-0.2, -0.15) is 11.8 Å². The van der Waals surface area contributed by atoms with Crippen LogP contribution in [-0.2, 0) is 4.79 Å². The summed E-state index contributed by atoms with van der Waals surface area (Å²) in [4.78, 5) is 11.4. The maximum Gasteiger partial charge on any atom is 0.236 e. The molecular formula is C10H20N2OS. The zero-order valence-corrected chi connectivity index (χ0v) is 10.0. The normalized spacial score (nSPS) is 20.2. The van der Waals surface area contributed by atoms with Crippen molar-refractivity contribution < 1.29 is 4.79 Å². The van der Waals surface area contributed by atoms with Crippen LogP contribution in [0.1, 0.15) is 26.7 Å². The van der Waals surface area contributed by atoms with E-state index in [4.69, 9.17) is 0 Å². The molecule has 0 saturated heterocycles. The Morgan fingerprint density at radius 1 is 1.57 bits per heavy atom. The van der Waals surface area contributed by atoms with Crippen molar-refractivity contribution in [3.8, 4) is 0 Å². The van der Waals surface area contributed by atoms with Crippen molar-refractivity contribution in [1.82, 2.24) is 10.6 Å². The van der Waals surface area contributed by atoms with Crippen LogP contribution in [0.3, 0.4) is 0 Å². The van der Waals surface area contributed by atoms with Gasteiger partial charge in [0.05, 0.1) is 6.04 Å². The second-order valence-electron chi connectivity index (χ2n) is 3.88. The van der Waals surface area contributed by atoms with Gasteiger partial charge in [-0.15, -0.1) is 0 Å². The monoisotopic (exact) mass is 216 g/mol. The first kappa shape index (κ1) is 11.9. The molecule has 1 aliphatic carbocycles. The van der Waals surface area contributed by atoms with Crippen molar-refractivity contribution in [2.75, 3.05) is 19.3 Å². The molecule has 0 aromatic carbocycles. The average molecular weight is 216 g/mol. The van der Waals surface area contributed by atoms with E-state index in [1.165, 1.54) is 12.8 Å². The number of thioether (sulfide) groups is 1. The molecule has 1 unspecified atom stereocenters. The highest BCUT2D eigenvalue weighted by atomic mass is 32.2. The molecule has 0 aromatic rings. The summed E-state index contributed by atoms with van der Waals surface area (Å²) in [6.07, 6.45) is 4.71. The molecule has 0 spiro atoms. The van der Waals surface area contributed by atoms with Crippen LogP contribution in [0.4, 0.5) is 0 Å². The third-order valence-corrected chi connectivity index (χ3v) is 4.13. The number of amides is 1. The van der Waals surface area contributed by atoms with E-state index in [-0.39, 0.29) is 11.9 Å². The molecule has 82 valence electrons. The van der Waals surface area contributed by atoms with Gasteiger partial charge in [0.2, 0.25) is 5.91 Å². The van der Waals surface area contributed by atoms with Crippen LogP contribution in [0.15, 0.2) is 0 Å². The molecule has 1 aliphatic rings.